The summed E-state index contributed by atoms with van der Waals surface area (Å²) in [5.74, 6) is 0.883. The van der Waals surface area contributed by atoms with E-state index in [-0.39, 0.29) is 11.0 Å². The van der Waals surface area contributed by atoms with Crippen LogP contribution in [0.4, 0.5) is 5.69 Å². The van der Waals surface area contributed by atoms with E-state index in [4.69, 9.17) is 9.47 Å². The van der Waals surface area contributed by atoms with Crippen LogP contribution in [0.25, 0.3) is 0 Å². The van der Waals surface area contributed by atoms with Crippen molar-refractivity contribution in [1.29, 1.82) is 0 Å². The van der Waals surface area contributed by atoms with Gasteiger partial charge >= 0.3 is 0 Å². The molecular weight excluding hydrogens is 514 g/mol. The molecule has 1 atom stereocenters. The fourth-order valence-corrected chi connectivity index (χ4v) is 5.27. The third-order valence-electron chi connectivity index (χ3n) is 6.15. The molecule has 5 rings (SSSR count). The highest BCUT2D eigenvalue weighted by Crippen LogP contribution is 2.35. The van der Waals surface area contributed by atoms with Crippen molar-refractivity contribution in [3.05, 3.63) is 120 Å². The molecule has 8 nitrogen and oxygen atoms in total. The summed E-state index contributed by atoms with van der Waals surface area (Å²) in [5.41, 5.74) is 5.85. The Labute approximate surface area is 227 Å². The SMILES string of the molecule is CCOc1ccc(S(=O)(=O)Nc2ccc(C(=O)N/N=C3\CC(c4ccccc4)Oc4ccccc43)cc2)cc1. The van der Waals surface area contributed by atoms with Crippen LogP contribution in [-0.4, -0.2) is 26.6 Å². The number of hydrazone groups is 1. The number of anilines is 1. The Balaban J connectivity index is 1.27. The van der Waals surface area contributed by atoms with E-state index in [1.165, 1.54) is 36.4 Å². The van der Waals surface area contributed by atoms with Crippen molar-refractivity contribution in [3.8, 4) is 11.5 Å². The zero-order valence-corrected chi connectivity index (χ0v) is 22.0. The number of ether oxygens (including phenoxy) is 2. The molecule has 0 spiro atoms. The second-order valence-corrected chi connectivity index (χ2v) is 10.5. The smallest absolute Gasteiger partial charge is 0.271 e. The van der Waals surface area contributed by atoms with Gasteiger partial charge in [-0.05, 0) is 73.2 Å². The van der Waals surface area contributed by atoms with E-state index in [1.54, 1.807) is 12.1 Å². The second kappa shape index (κ2) is 11.4. The summed E-state index contributed by atoms with van der Waals surface area (Å²) in [6.45, 7) is 2.35. The molecule has 39 heavy (non-hydrogen) atoms. The van der Waals surface area contributed by atoms with Crippen LogP contribution in [0.1, 0.15) is 40.9 Å². The number of para-hydroxylation sites is 1. The summed E-state index contributed by atoms with van der Waals surface area (Å²) >= 11 is 0. The molecule has 1 amide bonds. The van der Waals surface area contributed by atoms with E-state index in [0.29, 0.717) is 41.5 Å². The number of fused-ring (bicyclic) bond motifs is 1. The molecule has 4 aromatic rings. The number of hydrogen-bond donors (Lipinski definition) is 2. The topological polar surface area (TPSA) is 106 Å². The molecule has 0 fully saturated rings. The minimum absolute atomic E-state index is 0.106. The van der Waals surface area contributed by atoms with E-state index >= 15 is 0 Å². The van der Waals surface area contributed by atoms with Gasteiger partial charge in [0.1, 0.15) is 17.6 Å². The Hall–Kier alpha value is -4.63. The highest BCUT2D eigenvalue weighted by atomic mass is 32.2. The lowest BCUT2D eigenvalue weighted by molar-refractivity contribution is 0.0954. The minimum Gasteiger partial charge on any atom is -0.494 e. The Bertz CT molecular complexity index is 1590. The van der Waals surface area contributed by atoms with Gasteiger partial charge in [-0.25, -0.2) is 13.8 Å². The molecule has 198 valence electrons. The zero-order chi connectivity index (χ0) is 27.2. The van der Waals surface area contributed by atoms with Gasteiger partial charge < -0.3 is 9.47 Å². The van der Waals surface area contributed by atoms with Crippen molar-refractivity contribution < 1.29 is 22.7 Å². The molecule has 0 bridgehead atoms. The fraction of sp³-hybridized carbons (Fsp3) is 0.133. The average molecular weight is 542 g/mol. The summed E-state index contributed by atoms with van der Waals surface area (Å²) in [7, 11) is -3.80. The van der Waals surface area contributed by atoms with Crippen LogP contribution in [0, 0.1) is 0 Å². The van der Waals surface area contributed by atoms with Gasteiger partial charge in [0.2, 0.25) is 0 Å². The van der Waals surface area contributed by atoms with Gasteiger partial charge in [-0.15, -0.1) is 0 Å². The van der Waals surface area contributed by atoms with Crippen molar-refractivity contribution >= 4 is 27.3 Å². The summed E-state index contributed by atoms with van der Waals surface area (Å²) in [5, 5.41) is 4.43. The lowest BCUT2D eigenvalue weighted by Gasteiger charge is -2.27. The van der Waals surface area contributed by atoms with Crippen LogP contribution in [0.2, 0.25) is 0 Å². The first-order chi connectivity index (χ1) is 18.9. The Morgan fingerprint density at radius 2 is 1.62 bits per heavy atom. The molecule has 1 heterocycles. The van der Waals surface area contributed by atoms with Crippen LogP contribution < -0.4 is 19.6 Å². The van der Waals surface area contributed by atoms with Crippen molar-refractivity contribution in [3.63, 3.8) is 0 Å². The average Bonchev–Trinajstić information content (AvgIpc) is 2.97. The van der Waals surface area contributed by atoms with Gasteiger partial charge in [-0.2, -0.15) is 5.10 Å². The maximum atomic E-state index is 12.9. The number of carbonyl (C=O) groups is 1. The number of amides is 1. The molecule has 1 unspecified atom stereocenters. The van der Waals surface area contributed by atoms with Crippen molar-refractivity contribution in [1.82, 2.24) is 5.43 Å². The first-order valence-corrected chi connectivity index (χ1v) is 13.9. The zero-order valence-electron chi connectivity index (χ0n) is 21.2. The number of nitrogens with one attached hydrogen (secondary N) is 2. The maximum absolute atomic E-state index is 12.9. The van der Waals surface area contributed by atoms with Crippen LogP contribution >= 0.6 is 0 Å². The Morgan fingerprint density at radius 1 is 0.923 bits per heavy atom. The van der Waals surface area contributed by atoms with E-state index in [1.807, 2.05) is 61.5 Å². The lowest BCUT2D eigenvalue weighted by atomic mass is 9.96. The molecule has 0 saturated carbocycles. The molecule has 0 saturated heterocycles. The first-order valence-electron chi connectivity index (χ1n) is 12.5. The summed E-state index contributed by atoms with van der Waals surface area (Å²) in [4.78, 5) is 13.0. The molecule has 0 radical (unpaired) electrons. The number of sulfonamides is 1. The molecule has 0 aromatic heterocycles. The molecule has 1 aliphatic heterocycles. The van der Waals surface area contributed by atoms with E-state index in [9.17, 15) is 13.2 Å². The number of carbonyl (C=O) groups excluding carboxylic acids is 1. The van der Waals surface area contributed by atoms with Gasteiger partial charge in [-0.1, -0.05) is 42.5 Å². The predicted molar refractivity (Wildman–Crippen MR) is 150 cm³/mol. The van der Waals surface area contributed by atoms with Crippen molar-refractivity contribution in [2.45, 2.75) is 24.3 Å². The summed E-state index contributed by atoms with van der Waals surface area (Å²) in [6, 6.07) is 29.8. The van der Waals surface area contributed by atoms with Crippen LogP contribution in [0.3, 0.4) is 0 Å². The third kappa shape index (κ3) is 6.10. The largest absolute Gasteiger partial charge is 0.494 e. The predicted octanol–water partition coefficient (Wildman–Crippen LogP) is 5.54. The Kier molecular flexibility index (Phi) is 7.60. The van der Waals surface area contributed by atoms with Gasteiger partial charge in [0.05, 0.1) is 17.2 Å². The van der Waals surface area contributed by atoms with E-state index in [2.05, 4.69) is 15.2 Å². The van der Waals surface area contributed by atoms with Gasteiger partial charge in [0.25, 0.3) is 15.9 Å². The molecule has 9 heteroatoms. The highest BCUT2D eigenvalue weighted by Gasteiger charge is 2.26. The maximum Gasteiger partial charge on any atom is 0.271 e. The number of rotatable bonds is 8. The van der Waals surface area contributed by atoms with E-state index < -0.39 is 15.9 Å². The summed E-state index contributed by atoms with van der Waals surface area (Å²) in [6.07, 6.45) is 0.271. The van der Waals surface area contributed by atoms with Gasteiger partial charge in [0, 0.05) is 23.2 Å². The molecule has 2 N–H and O–H groups in total. The summed E-state index contributed by atoms with van der Waals surface area (Å²) < 4.78 is 39.5. The van der Waals surface area contributed by atoms with E-state index in [0.717, 1.165) is 11.1 Å². The monoisotopic (exact) mass is 541 g/mol. The van der Waals surface area contributed by atoms with Crippen LogP contribution in [0.15, 0.2) is 113 Å². The fourth-order valence-electron chi connectivity index (χ4n) is 4.22. The van der Waals surface area contributed by atoms with Gasteiger partial charge in [0.15, 0.2) is 0 Å². The molecule has 0 aliphatic carbocycles. The highest BCUT2D eigenvalue weighted by molar-refractivity contribution is 7.92. The number of benzene rings is 4. The van der Waals surface area contributed by atoms with Crippen LogP contribution in [-0.2, 0) is 10.0 Å². The van der Waals surface area contributed by atoms with Crippen molar-refractivity contribution in [2.24, 2.45) is 5.10 Å². The number of nitrogens with zero attached hydrogens (tertiary/aromatic N) is 1. The Morgan fingerprint density at radius 3 is 2.33 bits per heavy atom. The first kappa shape index (κ1) is 26.0. The molecule has 4 aromatic carbocycles. The van der Waals surface area contributed by atoms with Gasteiger partial charge in [-0.3, -0.25) is 9.52 Å². The molecule has 1 aliphatic rings. The third-order valence-corrected chi connectivity index (χ3v) is 7.55. The standard InChI is InChI=1S/C30H27N3O5S/c1-2-37-24-16-18-25(19-17-24)39(35,36)33-23-14-12-22(13-15-23)30(34)32-31-27-20-29(21-8-4-3-5-9-21)38-28-11-7-6-10-26(27)28/h3-19,29,33H,2,20H2,1H3,(H,32,34)/b31-27+. The molecular formula is C30H27N3O5S. The van der Waals surface area contributed by atoms with Crippen LogP contribution in [0.5, 0.6) is 11.5 Å². The number of hydrogen-bond acceptors (Lipinski definition) is 6. The quantitative estimate of drug-likeness (QED) is 0.285. The normalized spacial score (nSPS) is 15.6. The van der Waals surface area contributed by atoms with Crippen molar-refractivity contribution in [2.75, 3.05) is 11.3 Å². The minimum atomic E-state index is -3.80. The lowest BCUT2D eigenvalue weighted by Crippen LogP contribution is -2.25. The second-order valence-electron chi connectivity index (χ2n) is 8.80.